The normalized spacial score (nSPS) is 13.9. The van der Waals surface area contributed by atoms with E-state index >= 15 is 0 Å². The van der Waals surface area contributed by atoms with E-state index in [1.165, 1.54) is 0 Å². The van der Waals surface area contributed by atoms with E-state index in [-0.39, 0.29) is 5.78 Å². The summed E-state index contributed by atoms with van der Waals surface area (Å²) in [6.07, 6.45) is 2.46. The molecule has 0 radical (unpaired) electrons. The molecular weight excluding hydrogens is 216 g/mol. The van der Waals surface area contributed by atoms with Gasteiger partial charge in [-0.15, -0.1) is 0 Å². The lowest BCUT2D eigenvalue weighted by Gasteiger charge is -2.19. The Morgan fingerprint density at radius 1 is 1.47 bits per heavy atom. The predicted molar refractivity (Wildman–Crippen MR) is 65.7 cm³/mol. The molecule has 17 heavy (non-hydrogen) atoms. The van der Waals surface area contributed by atoms with Crippen LogP contribution < -0.4 is 4.74 Å². The van der Waals surface area contributed by atoms with Crippen LogP contribution in [0.15, 0.2) is 18.2 Å². The predicted octanol–water partition coefficient (Wildman–Crippen LogP) is 2.62. The van der Waals surface area contributed by atoms with Gasteiger partial charge >= 0.3 is 0 Å². The molecule has 1 aromatic rings. The lowest BCUT2D eigenvalue weighted by Crippen LogP contribution is -2.13. The lowest BCUT2D eigenvalue weighted by atomic mass is 9.99. The van der Waals surface area contributed by atoms with Gasteiger partial charge < -0.3 is 9.47 Å². The molecule has 0 spiro atoms. The molecule has 0 amide bonds. The molecule has 0 unspecified atom stereocenters. The summed E-state index contributed by atoms with van der Waals surface area (Å²) in [6, 6.07) is 5.81. The third-order valence-electron chi connectivity index (χ3n) is 2.91. The molecule has 3 nitrogen and oxygen atoms in total. The van der Waals surface area contributed by atoms with Crippen molar-refractivity contribution in [2.24, 2.45) is 0 Å². The molecule has 0 aliphatic carbocycles. The molecule has 3 heteroatoms. The first-order chi connectivity index (χ1) is 8.33. The second kappa shape index (κ2) is 5.82. The number of benzene rings is 1. The first kappa shape index (κ1) is 12.1. The summed E-state index contributed by atoms with van der Waals surface area (Å²) in [7, 11) is 0. The topological polar surface area (TPSA) is 35.5 Å². The highest BCUT2D eigenvalue weighted by atomic mass is 16.5. The van der Waals surface area contributed by atoms with Gasteiger partial charge in [-0.2, -0.15) is 0 Å². The number of fused-ring (bicyclic) bond motifs is 1. The maximum Gasteiger partial charge on any atom is 0.168 e. The number of carbonyl (C=O) groups excluding carboxylic acids is 1. The van der Waals surface area contributed by atoms with E-state index in [4.69, 9.17) is 9.47 Å². The van der Waals surface area contributed by atoms with Gasteiger partial charge in [0.2, 0.25) is 0 Å². The van der Waals surface area contributed by atoms with Crippen LogP contribution in [0.5, 0.6) is 5.75 Å². The van der Waals surface area contributed by atoms with Crippen molar-refractivity contribution in [1.82, 2.24) is 0 Å². The van der Waals surface area contributed by atoms with Gasteiger partial charge in [-0.25, -0.2) is 0 Å². The first-order valence-corrected chi connectivity index (χ1v) is 6.18. The number of ketones is 1. The standard InChI is InChI=1S/C14H18O3/c1-2-16-10-8-13(15)12-7-3-5-11-6-4-9-17-14(11)12/h3,5,7H,2,4,6,8-10H2,1H3. The Hall–Kier alpha value is -1.35. The zero-order chi connectivity index (χ0) is 12.1. The Morgan fingerprint density at radius 2 is 2.35 bits per heavy atom. The van der Waals surface area contributed by atoms with E-state index in [2.05, 4.69) is 0 Å². The van der Waals surface area contributed by atoms with E-state index in [1.807, 2.05) is 25.1 Å². The Kier molecular flexibility index (Phi) is 4.15. The van der Waals surface area contributed by atoms with Crippen LogP contribution in [0.3, 0.4) is 0 Å². The SMILES string of the molecule is CCOCCC(=O)c1cccc2c1OCCC2. The van der Waals surface area contributed by atoms with Gasteiger partial charge in [0, 0.05) is 13.0 Å². The van der Waals surface area contributed by atoms with Crippen LogP contribution >= 0.6 is 0 Å². The Bertz CT molecular complexity index is 398. The van der Waals surface area contributed by atoms with Gasteiger partial charge in [0.1, 0.15) is 5.75 Å². The van der Waals surface area contributed by atoms with Crippen LogP contribution in [0.2, 0.25) is 0 Å². The number of ether oxygens (including phenoxy) is 2. The Balaban J connectivity index is 2.12. The van der Waals surface area contributed by atoms with Crippen LogP contribution in [-0.2, 0) is 11.2 Å². The molecule has 0 saturated carbocycles. The second-order valence-electron chi connectivity index (χ2n) is 4.12. The van der Waals surface area contributed by atoms with Gasteiger partial charge in [0.15, 0.2) is 5.78 Å². The van der Waals surface area contributed by atoms with Crippen LogP contribution in [0.4, 0.5) is 0 Å². The highest BCUT2D eigenvalue weighted by Crippen LogP contribution is 2.29. The number of rotatable bonds is 5. The fourth-order valence-electron chi connectivity index (χ4n) is 2.05. The molecule has 0 saturated heterocycles. The van der Waals surface area contributed by atoms with Crippen molar-refractivity contribution in [2.75, 3.05) is 19.8 Å². The number of aryl methyl sites for hydroxylation is 1. The minimum atomic E-state index is 0.109. The summed E-state index contributed by atoms with van der Waals surface area (Å²) < 4.78 is 10.8. The van der Waals surface area contributed by atoms with Gasteiger partial charge in [0.05, 0.1) is 18.8 Å². The average Bonchev–Trinajstić information content (AvgIpc) is 2.38. The van der Waals surface area contributed by atoms with Crippen LogP contribution in [0.25, 0.3) is 0 Å². The number of para-hydroxylation sites is 1. The van der Waals surface area contributed by atoms with E-state index in [0.717, 1.165) is 24.2 Å². The summed E-state index contributed by atoms with van der Waals surface area (Å²) in [4.78, 5) is 12.0. The van der Waals surface area contributed by atoms with E-state index in [9.17, 15) is 4.79 Å². The number of hydrogen-bond donors (Lipinski definition) is 0. The molecule has 2 rings (SSSR count). The average molecular weight is 234 g/mol. The number of carbonyl (C=O) groups is 1. The summed E-state index contributed by atoms with van der Waals surface area (Å²) in [6.45, 7) is 3.77. The van der Waals surface area contributed by atoms with Crippen molar-refractivity contribution in [3.8, 4) is 5.75 Å². The first-order valence-electron chi connectivity index (χ1n) is 6.18. The van der Waals surface area contributed by atoms with Crippen molar-refractivity contribution in [3.63, 3.8) is 0 Å². The quantitative estimate of drug-likeness (QED) is 0.580. The molecule has 1 heterocycles. The van der Waals surface area contributed by atoms with Crippen molar-refractivity contribution >= 4 is 5.78 Å². The van der Waals surface area contributed by atoms with E-state index in [0.29, 0.717) is 31.8 Å². The van der Waals surface area contributed by atoms with Crippen molar-refractivity contribution < 1.29 is 14.3 Å². The fraction of sp³-hybridized carbons (Fsp3) is 0.500. The Labute approximate surface area is 102 Å². The summed E-state index contributed by atoms with van der Waals surface area (Å²) in [5, 5.41) is 0. The van der Waals surface area contributed by atoms with Crippen LogP contribution in [0, 0.1) is 0 Å². The molecule has 0 bridgehead atoms. The second-order valence-corrected chi connectivity index (χ2v) is 4.12. The van der Waals surface area contributed by atoms with Crippen LogP contribution in [-0.4, -0.2) is 25.6 Å². The number of Topliss-reactive ketones (excluding diaryl/α,β-unsaturated/α-hetero) is 1. The highest BCUT2D eigenvalue weighted by Gasteiger charge is 2.18. The maximum atomic E-state index is 12.0. The monoisotopic (exact) mass is 234 g/mol. The number of hydrogen-bond acceptors (Lipinski definition) is 3. The van der Waals surface area contributed by atoms with E-state index in [1.54, 1.807) is 0 Å². The molecule has 1 aliphatic heterocycles. The molecular formula is C14H18O3. The Morgan fingerprint density at radius 3 is 3.18 bits per heavy atom. The highest BCUT2D eigenvalue weighted by molar-refractivity contribution is 5.99. The molecule has 0 fully saturated rings. The van der Waals surface area contributed by atoms with Crippen molar-refractivity contribution in [1.29, 1.82) is 0 Å². The summed E-state index contributed by atoms with van der Waals surface area (Å²) in [5.74, 6) is 0.900. The molecule has 0 aromatic heterocycles. The molecule has 1 aromatic carbocycles. The maximum absolute atomic E-state index is 12.0. The van der Waals surface area contributed by atoms with Gasteiger partial charge in [-0.05, 0) is 31.4 Å². The molecule has 0 atom stereocenters. The zero-order valence-corrected chi connectivity index (χ0v) is 10.2. The third kappa shape index (κ3) is 2.86. The van der Waals surface area contributed by atoms with Crippen LogP contribution in [0.1, 0.15) is 35.7 Å². The third-order valence-corrected chi connectivity index (χ3v) is 2.91. The summed E-state index contributed by atoms with van der Waals surface area (Å²) >= 11 is 0. The largest absolute Gasteiger partial charge is 0.493 e. The van der Waals surface area contributed by atoms with Gasteiger partial charge in [0.25, 0.3) is 0 Å². The van der Waals surface area contributed by atoms with E-state index < -0.39 is 0 Å². The van der Waals surface area contributed by atoms with Crippen molar-refractivity contribution in [2.45, 2.75) is 26.2 Å². The molecule has 0 N–H and O–H groups in total. The lowest BCUT2D eigenvalue weighted by molar-refractivity contribution is 0.0891. The fourth-order valence-corrected chi connectivity index (χ4v) is 2.05. The summed E-state index contributed by atoms with van der Waals surface area (Å²) in [5.41, 5.74) is 1.86. The molecule has 92 valence electrons. The van der Waals surface area contributed by atoms with Crippen molar-refractivity contribution in [3.05, 3.63) is 29.3 Å². The minimum Gasteiger partial charge on any atom is -0.493 e. The smallest absolute Gasteiger partial charge is 0.168 e. The van der Waals surface area contributed by atoms with Gasteiger partial charge in [-0.1, -0.05) is 12.1 Å². The van der Waals surface area contributed by atoms with Gasteiger partial charge in [-0.3, -0.25) is 4.79 Å². The minimum absolute atomic E-state index is 0.109. The molecule has 1 aliphatic rings. The zero-order valence-electron chi connectivity index (χ0n) is 10.2.